The quantitative estimate of drug-likeness (QED) is 0.425. The highest BCUT2D eigenvalue weighted by Gasteiger charge is 2.30. The minimum atomic E-state index is 0.386. The summed E-state index contributed by atoms with van der Waals surface area (Å²) in [5, 5.41) is 5.57. The summed E-state index contributed by atoms with van der Waals surface area (Å²) in [6.45, 7) is 8.10. The Kier molecular flexibility index (Phi) is 6.62. The summed E-state index contributed by atoms with van der Waals surface area (Å²) in [6.07, 6.45) is 7.91. The van der Waals surface area contributed by atoms with Gasteiger partial charge in [-0.2, -0.15) is 5.10 Å². The van der Waals surface area contributed by atoms with Gasteiger partial charge >= 0.3 is 0 Å². The first-order chi connectivity index (χ1) is 17.3. The molecule has 0 spiro atoms. The number of nitrogens with zero attached hydrogens (tertiary/aromatic N) is 5. The number of hydrogen-bond acceptors (Lipinski definition) is 5. The number of hydrogen-bond donors (Lipinski definition) is 1. The average Bonchev–Trinajstić information content (AvgIpc) is 3.66. The lowest BCUT2D eigenvalue weighted by Gasteiger charge is -2.37. The molecule has 0 aliphatic carbocycles. The molecule has 6 rings (SSSR count). The Hall–Kier alpha value is -3.00. The zero-order chi connectivity index (χ0) is 23.5. The number of likely N-dealkylation sites (tertiary alicyclic amines) is 1. The second-order valence-corrected chi connectivity index (χ2v) is 9.99. The van der Waals surface area contributed by atoms with Crippen molar-refractivity contribution in [3.8, 4) is 0 Å². The van der Waals surface area contributed by atoms with Crippen molar-refractivity contribution in [2.45, 2.75) is 25.4 Å². The van der Waals surface area contributed by atoms with E-state index in [-0.39, 0.29) is 0 Å². The van der Waals surface area contributed by atoms with Gasteiger partial charge in [-0.15, -0.1) is 0 Å². The van der Waals surface area contributed by atoms with Gasteiger partial charge < -0.3 is 14.6 Å². The third kappa shape index (κ3) is 5.17. The lowest BCUT2D eigenvalue weighted by atomic mass is 10.0. The number of aromatic nitrogens is 4. The normalized spacial score (nSPS) is 21.7. The molecule has 0 bridgehead atoms. The van der Waals surface area contributed by atoms with E-state index in [2.05, 4.69) is 79.6 Å². The van der Waals surface area contributed by atoms with E-state index < -0.39 is 0 Å². The van der Waals surface area contributed by atoms with Gasteiger partial charge in [0.15, 0.2) is 0 Å². The van der Waals surface area contributed by atoms with Gasteiger partial charge in [-0.1, -0.05) is 36.4 Å². The molecule has 7 heteroatoms. The van der Waals surface area contributed by atoms with Crippen molar-refractivity contribution >= 4 is 10.9 Å². The topological polar surface area (TPSA) is 62.2 Å². The molecular weight excluding hydrogens is 436 g/mol. The Morgan fingerprint density at radius 1 is 1.09 bits per heavy atom. The summed E-state index contributed by atoms with van der Waals surface area (Å²) in [6, 6.07) is 17.9. The summed E-state index contributed by atoms with van der Waals surface area (Å²) in [5.74, 6) is 0.733. The maximum atomic E-state index is 5.84. The summed E-state index contributed by atoms with van der Waals surface area (Å²) >= 11 is 0. The summed E-state index contributed by atoms with van der Waals surface area (Å²) < 4.78 is 7.71. The fourth-order valence-electron chi connectivity index (χ4n) is 5.75. The average molecular weight is 471 g/mol. The van der Waals surface area contributed by atoms with Gasteiger partial charge in [0.1, 0.15) is 12.7 Å². The molecule has 0 saturated carbocycles. The lowest BCUT2D eigenvalue weighted by molar-refractivity contribution is -0.0148. The molecule has 0 amide bonds. The third-order valence-corrected chi connectivity index (χ3v) is 7.63. The van der Waals surface area contributed by atoms with Crippen LogP contribution >= 0.6 is 0 Å². The van der Waals surface area contributed by atoms with Crippen LogP contribution in [0.1, 0.15) is 29.2 Å². The number of fused-ring (bicyclic) bond motifs is 1. The highest BCUT2D eigenvalue weighted by molar-refractivity contribution is 5.83. The number of nitrogens with one attached hydrogen (secondary N) is 1. The zero-order valence-corrected chi connectivity index (χ0v) is 20.2. The molecule has 2 fully saturated rings. The second kappa shape index (κ2) is 10.3. The number of morpholine rings is 1. The standard InChI is InChI=1S/C28H34N6O/c1-2-4-24(5-3-1)28-19-35-13-12-33(28)17-23-8-10-32(16-23)11-9-25-15-30-27-7-6-22(14-26(25)27)18-34-21-29-20-31-34/h1-7,14-15,20-21,23,28,30H,8-13,16-19H2/t23?,28-/m0/s1. The molecule has 2 atom stereocenters. The van der Waals surface area contributed by atoms with E-state index in [1.807, 2.05) is 4.68 Å². The van der Waals surface area contributed by atoms with E-state index in [0.717, 1.165) is 51.7 Å². The van der Waals surface area contributed by atoms with Crippen molar-refractivity contribution in [1.29, 1.82) is 0 Å². The number of rotatable bonds is 8. The SMILES string of the molecule is c1ccc([C@@H]2COCCN2CC2CCN(CCc3c[nH]c4ccc(Cn5cncn5)cc34)C2)cc1. The molecule has 35 heavy (non-hydrogen) atoms. The van der Waals surface area contributed by atoms with Crippen molar-refractivity contribution in [3.63, 3.8) is 0 Å². The summed E-state index contributed by atoms with van der Waals surface area (Å²) in [5.41, 5.74) is 5.25. The fourth-order valence-corrected chi connectivity index (χ4v) is 5.75. The monoisotopic (exact) mass is 470 g/mol. The van der Waals surface area contributed by atoms with Crippen LogP contribution in [0.4, 0.5) is 0 Å². The highest BCUT2D eigenvalue weighted by Crippen LogP contribution is 2.28. The molecule has 4 heterocycles. The first kappa shape index (κ1) is 22.5. The predicted molar refractivity (Wildman–Crippen MR) is 137 cm³/mol. The molecule has 2 aliphatic rings. The Balaban J connectivity index is 1.05. The van der Waals surface area contributed by atoms with Crippen molar-refractivity contribution in [2.75, 3.05) is 45.9 Å². The van der Waals surface area contributed by atoms with Crippen LogP contribution in [-0.2, 0) is 17.7 Å². The molecule has 182 valence electrons. The Morgan fingerprint density at radius 2 is 2.03 bits per heavy atom. The van der Waals surface area contributed by atoms with Gasteiger partial charge in [0, 0.05) is 43.3 Å². The maximum Gasteiger partial charge on any atom is 0.137 e. The molecule has 2 saturated heterocycles. The van der Waals surface area contributed by atoms with E-state index >= 15 is 0 Å². The number of ether oxygens (including phenoxy) is 1. The van der Waals surface area contributed by atoms with Crippen LogP contribution in [-0.4, -0.2) is 75.5 Å². The van der Waals surface area contributed by atoms with Gasteiger partial charge in [0.2, 0.25) is 0 Å². The molecule has 0 radical (unpaired) electrons. The van der Waals surface area contributed by atoms with Crippen molar-refractivity contribution in [1.82, 2.24) is 29.5 Å². The zero-order valence-electron chi connectivity index (χ0n) is 20.2. The smallest absolute Gasteiger partial charge is 0.137 e. The molecule has 7 nitrogen and oxygen atoms in total. The number of H-pyrrole nitrogens is 1. The van der Waals surface area contributed by atoms with Crippen LogP contribution in [0.5, 0.6) is 0 Å². The van der Waals surface area contributed by atoms with Crippen LogP contribution in [0.25, 0.3) is 10.9 Å². The van der Waals surface area contributed by atoms with E-state index in [4.69, 9.17) is 4.74 Å². The van der Waals surface area contributed by atoms with Gasteiger partial charge in [-0.05, 0) is 54.1 Å². The second-order valence-electron chi connectivity index (χ2n) is 9.99. The maximum absolute atomic E-state index is 5.84. The summed E-state index contributed by atoms with van der Waals surface area (Å²) in [7, 11) is 0. The van der Waals surface area contributed by atoms with Crippen molar-refractivity contribution in [2.24, 2.45) is 5.92 Å². The first-order valence-corrected chi connectivity index (χ1v) is 12.8. The fraction of sp³-hybridized carbons (Fsp3) is 0.429. The van der Waals surface area contributed by atoms with Crippen LogP contribution in [0.15, 0.2) is 67.4 Å². The largest absolute Gasteiger partial charge is 0.378 e. The van der Waals surface area contributed by atoms with E-state index in [1.165, 1.54) is 47.1 Å². The Morgan fingerprint density at radius 3 is 2.91 bits per heavy atom. The molecular formula is C28H34N6O. The molecule has 1 unspecified atom stereocenters. The number of benzene rings is 2. The minimum absolute atomic E-state index is 0.386. The van der Waals surface area contributed by atoms with Crippen molar-refractivity contribution < 1.29 is 4.74 Å². The molecule has 1 N–H and O–H groups in total. The lowest BCUT2D eigenvalue weighted by Crippen LogP contribution is -2.42. The van der Waals surface area contributed by atoms with Gasteiger partial charge in [-0.25, -0.2) is 9.67 Å². The van der Waals surface area contributed by atoms with Crippen LogP contribution in [0.2, 0.25) is 0 Å². The Bertz CT molecular complexity index is 1220. The van der Waals surface area contributed by atoms with Crippen LogP contribution in [0, 0.1) is 5.92 Å². The molecule has 2 aliphatic heterocycles. The van der Waals surface area contributed by atoms with Crippen molar-refractivity contribution in [3.05, 3.63) is 84.1 Å². The molecule has 4 aromatic rings. The highest BCUT2D eigenvalue weighted by atomic mass is 16.5. The van der Waals surface area contributed by atoms with E-state index in [0.29, 0.717) is 6.04 Å². The van der Waals surface area contributed by atoms with Gasteiger partial charge in [-0.3, -0.25) is 4.90 Å². The van der Waals surface area contributed by atoms with Gasteiger partial charge in [0.25, 0.3) is 0 Å². The van der Waals surface area contributed by atoms with Crippen LogP contribution < -0.4 is 0 Å². The van der Waals surface area contributed by atoms with Gasteiger partial charge in [0.05, 0.1) is 25.8 Å². The van der Waals surface area contributed by atoms with E-state index in [1.54, 1.807) is 12.7 Å². The minimum Gasteiger partial charge on any atom is -0.378 e. The van der Waals surface area contributed by atoms with Crippen LogP contribution in [0.3, 0.4) is 0 Å². The molecule has 2 aromatic heterocycles. The number of aromatic amines is 1. The Labute approximate surface area is 206 Å². The molecule has 2 aromatic carbocycles. The predicted octanol–water partition coefficient (Wildman–Crippen LogP) is 3.75. The first-order valence-electron chi connectivity index (χ1n) is 12.8. The third-order valence-electron chi connectivity index (χ3n) is 7.63. The summed E-state index contributed by atoms with van der Waals surface area (Å²) in [4.78, 5) is 12.8. The van der Waals surface area contributed by atoms with E-state index in [9.17, 15) is 0 Å².